The fourth-order valence-corrected chi connectivity index (χ4v) is 2.08. The minimum Gasteiger partial charge on any atom is -0.496 e. The molecule has 0 saturated heterocycles. The topological polar surface area (TPSA) is 44.5 Å². The summed E-state index contributed by atoms with van der Waals surface area (Å²) in [6.45, 7) is 0. The van der Waals surface area contributed by atoms with Gasteiger partial charge >= 0.3 is 0 Å². The van der Waals surface area contributed by atoms with Crippen molar-refractivity contribution in [1.82, 2.24) is 0 Å². The van der Waals surface area contributed by atoms with Crippen LogP contribution in [0, 0.1) is 5.82 Å². The minimum absolute atomic E-state index is 0.215. The van der Waals surface area contributed by atoms with Crippen molar-refractivity contribution in [3.8, 4) is 11.5 Å². The van der Waals surface area contributed by atoms with Gasteiger partial charge in [-0.05, 0) is 25.3 Å². The van der Waals surface area contributed by atoms with Crippen LogP contribution in [0.5, 0.6) is 11.5 Å². The van der Waals surface area contributed by atoms with Gasteiger partial charge in [-0.25, -0.2) is 4.39 Å². The molecule has 2 rings (SSSR count). The first kappa shape index (κ1) is 11.2. The summed E-state index contributed by atoms with van der Waals surface area (Å²) in [5, 5.41) is 0. The van der Waals surface area contributed by atoms with E-state index in [1.54, 1.807) is 6.07 Å². The number of hydrogen-bond acceptors (Lipinski definition) is 3. The van der Waals surface area contributed by atoms with E-state index in [-0.39, 0.29) is 11.3 Å². The molecule has 1 saturated carbocycles. The zero-order chi connectivity index (χ0) is 11.8. The number of methoxy groups -OCH3 is 2. The van der Waals surface area contributed by atoms with Crippen LogP contribution in [-0.2, 0) is 5.54 Å². The SMILES string of the molecule is COc1cc(C2(N)CCC2)c(OC)cc1F. The van der Waals surface area contributed by atoms with Crippen molar-refractivity contribution in [3.63, 3.8) is 0 Å². The summed E-state index contributed by atoms with van der Waals surface area (Å²) in [5.41, 5.74) is 6.67. The number of benzene rings is 1. The molecule has 1 fully saturated rings. The highest BCUT2D eigenvalue weighted by atomic mass is 19.1. The first-order chi connectivity index (χ1) is 7.60. The first-order valence-corrected chi connectivity index (χ1v) is 5.31. The fourth-order valence-electron chi connectivity index (χ4n) is 2.08. The van der Waals surface area contributed by atoms with Crippen LogP contribution in [0.3, 0.4) is 0 Å². The second-order valence-electron chi connectivity index (χ2n) is 4.20. The molecule has 0 amide bonds. The Bertz CT molecular complexity index is 402. The lowest BCUT2D eigenvalue weighted by Gasteiger charge is -2.39. The minimum atomic E-state index is -0.425. The Kier molecular flexibility index (Phi) is 2.76. The van der Waals surface area contributed by atoms with Crippen LogP contribution in [0.4, 0.5) is 4.39 Å². The molecule has 0 heterocycles. The van der Waals surface area contributed by atoms with Gasteiger partial charge in [0.1, 0.15) is 5.75 Å². The van der Waals surface area contributed by atoms with Crippen LogP contribution >= 0.6 is 0 Å². The second-order valence-corrected chi connectivity index (χ2v) is 4.20. The van der Waals surface area contributed by atoms with Gasteiger partial charge in [0.15, 0.2) is 11.6 Å². The molecule has 16 heavy (non-hydrogen) atoms. The molecule has 2 N–H and O–H groups in total. The van der Waals surface area contributed by atoms with E-state index in [0.29, 0.717) is 5.75 Å². The van der Waals surface area contributed by atoms with Crippen molar-refractivity contribution < 1.29 is 13.9 Å². The van der Waals surface area contributed by atoms with E-state index in [2.05, 4.69) is 0 Å². The van der Waals surface area contributed by atoms with Gasteiger partial charge in [-0.1, -0.05) is 0 Å². The van der Waals surface area contributed by atoms with Crippen molar-refractivity contribution in [2.24, 2.45) is 5.73 Å². The number of halogens is 1. The van der Waals surface area contributed by atoms with Gasteiger partial charge in [0.25, 0.3) is 0 Å². The normalized spacial score (nSPS) is 17.8. The molecule has 1 aliphatic rings. The van der Waals surface area contributed by atoms with Gasteiger partial charge in [-0.2, -0.15) is 0 Å². The van der Waals surface area contributed by atoms with Crippen LogP contribution < -0.4 is 15.2 Å². The lowest BCUT2D eigenvalue weighted by Crippen LogP contribution is -2.43. The summed E-state index contributed by atoms with van der Waals surface area (Å²) in [7, 11) is 2.96. The predicted molar refractivity (Wildman–Crippen MR) is 59.2 cm³/mol. The van der Waals surface area contributed by atoms with Crippen LogP contribution in [-0.4, -0.2) is 14.2 Å². The van der Waals surface area contributed by atoms with Crippen LogP contribution in [0.1, 0.15) is 24.8 Å². The third-order valence-electron chi connectivity index (χ3n) is 3.26. The van der Waals surface area contributed by atoms with Crippen molar-refractivity contribution in [3.05, 3.63) is 23.5 Å². The monoisotopic (exact) mass is 225 g/mol. The fraction of sp³-hybridized carbons (Fsp3) is 0.500. The average molecular weight is 225 g/mol. The average Bonchev–Trinajstić information content (AvgIpc) is 2.25. The van der Waals surface area contributed by atoms with E-state index in [1.165, 1.54) is 20.3 Å². The Morgan fingerprint density at radius 1 is 1.19 bits per heavy atom. The highest BCUT2D eigenvalue weighted by Crippen LogP contribution is 2.44. The molecule has 0 radical (unpaired) electrons. The maximum absolute atomic E-state index is 13.5. The Morgan fingerprint density at radius 3 is 2.25 bits per heavy atom. The molecular weight excluding hydrogens is 209 g/mol. The molecular formula is C12H16FNO2. The molecule has 0 bridgehead atoms. The molecule has 1 aromatic rings. The highest BCUT2D eigenvalue weighted by molar-refractivity contribution is 5.46. The molecule has 1 aliphatic carbocycles. The second kappa shape index (κ2) is 3.94. The molecule has 0 atom stereocenters. The van der Waals surface area contributed by atoms with Crippen LogP contribution in [0.2, 0.25) is 0 Å². The van der Waals surface area contributed by atoms with E-state index < -0.39 is 5.82 Å². The predicted octanol–water partition coefficient (Wildman–Crippen LogP) is 2.18. The Hall–Kier alpha value is -1.29. The maximum Gasteiger partial charge on any atom is 0.168 e. The van der Waals surface area contributed by atoms with Gasteiger partial charge in [-0.3, -0.25) is 0 Å². The lowest BCUT2D eigenvalue weighted by atomic mass is 9.72. The summed E-state index contributed by atoms with van der Waals surface area (Å²) >= 11 is 0. The molecule has 4 heteroatoms. The maximum atomic E-state index is 13.5. The molecule has 0 spiro atoms. The molecule has 0 aliphatic heterocycles. The standard InChI is InChI=1S/C12H16FNO2/c1-15-10-7-9(13)11(16-2)6-8(10)12(14)4-3-5-12/h6-7H,3-5,14H2,1-2H3. The first-order valence-electron chi connectivity index (χ1n) is 5.31. The van der Waals surface area contributed by atoms with E-state index in [9.17, 15) is 4.39 Å². The number of ether oxygens (including phenoxy) is 2. The molecule has 0 aromatic heterocycles. The number of nitrogens with two attached hydrogens (primary N) is 1. The number of rotatable bonds is 3. The molecule has 88 valence electrons. The zero-order valence-corrected chi connectivity index (χ0v) is 9.55. The van der Waals surface area contributed by atoms with Gasteiger partial charge in [-0.15, -0.1) is 0 Å². The molecule has 3 nitrogen and oxygen atoms in total. The number of hydrogen-bond donors (Lipinski definition) is 1. The van der Waals surface area contributed by atoms with Gasteiger partial charge in [0.2, 0.25) is 0 Å². The quantitative estimate of drug-likeness (QED) is 0.857. The van der Waals surface area contributed by atoms with Crippen molar-refractivity contribution in [2.45, 2.75) is 24.8 Å². The van der Waals surface area contributed by atoms with Crippen molar-refractivity contribution >= 4 is 0 Å². The Labute approximate surface area is 94.3 Å². The Balaban J connectivity index is 2.49. The third kappa shape index (κ3) is 1.63. The van der Waals surface area contributed by atoms with Crippen molar-refractivity contribution in [2.75, 3.05) is 14.2 Å². The lowest BCUT2D eigenvalue weighted by molar-refractivity contribution is 0.241. The summed E-state index contributed by atoms with van der Waals surface area (Å²) < 4.78 is 23.6. The zero-order valence-electron chi connectivity index (χ0n) is 9.55. The summed E-state index contributed by atoms with van der Waals surface area (Å²) in [6, 6.07) is 2.98. The van der Waals surface area contributed by atoms with E-state index in [1.807, 2.05) is 0 Å². The van der Waals surface area contributed by atoms with Crippen molar-refractivity contribution in [1.29, 1.82) is 0 Å². The van der Waals surface area contributed by atoms with Gasteiger partial charge < -0.3 is 15.2 Å². The van der Waals surface area contributed by atoms with Gasteiger partial charge in [0, 0.05) is 17.2 Å². The van der Waals surface area contributed by atoms with Crippen LogP contribution in [0.15, 0.2) is 12.1 Å². The van der Waals surface area contributed by atoms with E-state index >= 15 is 0 Å². The largest absolute Gasteiger partial charge is 0.496 e. The third-order valence-corrected chi connectivity index (χ3v) is 3.26. The van der Waals surface area contributed by atoms with Crippen LogP contribution in [0.25, 0.3) is 0 Å². The summed E-state index contributed by atoms with van der Waals surface area (Å²) in [6.07, 6.45) is 2.90. The Morgan fingerprint density at radius 2 is 1.81 bits per heavy atom. The smallest absolute Gasteiger partial charge is 0.168 e. The van der Waals surface area contributed by atoms with Gasteiger partial charge in [0.05, 0.1) is 14.2 Å². The summed E-state index contributed by atoms with van der Waals surface area (Å²) in [5.74, 6) is 0.291. The molecule has 1 aromatic carbocycles. The van der Waals surface area contributed by atoms with E-state index in [0.717, 1.165) is 24.8 Å². The van der Waals surface area contributed by atoms with E-state index in [4.69, 9.17) is 15.2 Å². The summed E-state index contributed by atoms with van der Waals surface area (Å²) in [4.78, 5) is 0. The highest BCUT2D eigenvalue weighted by Gasteiger charge is 2.37. The molecule has 0 unspecified atom stereocenters.